The van der Waals surface area contributed by atoms with E-state index in [0.29, 0.717) is 5.69 Å². The Hall–Kier alpha value is -3.86. The van der Waals surface area contributed by atoms with Gasteiger partial charge in [-0.1, -0.05) is 0 Å². The van der Waals surface area contributed by atoms with Gasteiger partial charge in [0.15, 0.2) is 5.96 Å². The van der Waals surface area contributed by atoms with Crippen molar-refractivity contribution in [3.05, 3.63) is 18.2 Å². The lowest BCUT2D eigenvalue weighted by atomic mass is 10.1. The molecule has 200 valence electrons. The molecule has 16 nitrogen and oxygen atoms in total. The highest BCUT2D eigenvalue weighted by Crippen LogP contribution is 2.04. The van der Waals surface area contributed by atoms with Gasteiger partial charge < -0.3 is 49.0 Å². The molecule has 4 atom stereocenters. The minimum absolute atomic E-state index is 0.0106. The first-order valence-corrected chi connectivity index (χ1v) is 11.4. The van der Waals surface area contributed by atoms with Gasteiger partial charge >= 0.3 is 5.97 Å². The molecule has 1 aromatic rings. The lowest BCUT2D eigenvalue weighted by Crippen LogP contribution is -2.58. The molecular formula is C19H32N10O6S. The van der Waals surface area contributed by atoms with E-state index in [2.05, 4.69) is 43.5 Å². The van der Waals surface area contributed by atoms with Crippen LogP contribution in [0.5, 0.6) is 0 Å². The number of carbonyl (C=O) groups is 5. The van der Waals surface area contributed by atoms with Crippen LogP contribution in [0.4, 0.5) is 0 Å². The van der Waals surface area contributed by atoms with Crippen molar-refractivity contribution < 1.29 is 29.1 Å². The number of amides is 4. The molecule has 0 bridgehead atoms. The molecule has 1 rings (SSSR count). The molecule has 0 aliphatic heterocycles. The van der Waals surface area contributed by atoms with Gasteiger partial charge in [-0.2, -0.15) is 12.6 Å². The number of hydrogen-bond acceptors (Lipinski definition) is 9. The van der Waals surface area contributed by atoms with E-state index in [1.165, 1.54) is 12.5 Å². The molecular weight excluding hydrogens is 496 g/mol. The smallest absolute Gasteiger partial charge is 0.326 e. The molecule has 36 heavy (non-hydrogen) atoms. The molecule has 4 amide bonds. The number of nitrogens with one attached hydrogen (secondary N) is 4. The van der Waals surface area contributed by atoms with Crippen LogP contribution in [0.3, 0.4) is 0 Å². The summed E-state index contributed by atoms with van der Waals surface area (Å²) in [5.41, 5.74) is 21.8. The highest BCUT2D eigenvalue weighted by atomic mass is 32.1. The number of carboxylic acid groups (broad SMARTS) is 1. The summed E-state index contributed by atoms with van der Waals surface area (Å²) in [7, 11) is 0. The van der Waals surface area contributed by atoms with E-state index in [4.69, 9.17) is 22.9 Å². The van der Waals surface area contributed by atoms with Crippen LogP contribution in [0.2, 0.25) is 0 Å². The van der Waals surface area contributed by atoms with Gasteiger partial charge in [0.2, 0.25) is 23.6 Å². The standard InChI is InChI=1S/C19H32N10O6S/c20-10(7-36)15(31)28-12(4-9-6-24-8-26-9)16(32)29-13(5-14(21)30)17(33)27-11(18(34)35)2-1-3-25-19(22)23/h6,8,10-13,36H,1-5,7,20H2,(H2,21,30)(H,24,26)(H,27,33)(H,28,31)(H,29,32)(H,34,35)(H4,22,23,25). The Bertz CT molecular complexity index is 937. The highest BCUT2D eigenvalue weighted by Gasteiger charge is 2.31. The van der Waals surface area contributed by atoms with Gasteiger partial charge in [-0.15, -0.1) is 0 Å². The van der Waals surface area contributed by atoms with E-state index < -0.39 is 60.2 Å². The Morgan fingerprint density at radius 3 is 2.17 bits per heavy atom. The molecule has 1 aromatic heterocycles. The molecule has 0 aromatic carbocycles. The van der Waals surface area contributed by atoms with Crippen molar-refractivity contribution in [2.45, 2.75) is 49.9 Å². The van der Waals surface area contributed by atoms with Crippen molar-refractivity contribution in [3.63, 3.8) is 0 Å². The zero-order valence-corrected chi connectivity index (χ0v) is 20.2. The maximum Gasteiger partial charge on any atom is 0.326 e. The molecule has 0 aliphatic carbocycles. The fraction of sp³-hybridized carbons (Fsp3) is 0.526. The summed E-state index contributed by atoms with van der Waals surface area (Å²) < 4.78 is 0. The number of carboxylic acids is 1. The van der Waals surface area contributed by atoms with Gasteiger partial charge in [0.05, 0.1) is 18.8 Å². The Labute approximate surface area is 211 Å². The normalized spacial score (nSPS) is 13.9. The first-order chi connectivity index (χ1) is 16.9. The predicted molar refractivity (Wildman–Crippen MR) is 131 cm³/mol. The molecule has 0 saturated heterocycles. The van der Waals surface area contributed by atoms with Crippen molar-refractivity contribution in [3.8, 4) is 0 Å². The van der Waals surface area contributed by atoms with E-state index in [0.717, 1.165) is 0 Å². The fourth-order valence-electron chi connectivity index (χ4n) is 2.90. The zero-order chi connectivity index (χ0) is 27.3. The van der Waals surface area contributed by atoms with Crippen LogP contribution in [0.15, 0.2) is 17.5 Å². The third-order valence-corrected chi connectivity index (χ3v) is 5.14. The van der Waals surface area contributed by atoms with E-state index in [-0.39, 0.29) is 37.5 Å². The zero-order valence-electron chi connectivity index (χ0n) is 19.3. The maximum atomic E-state index is 13.0. The number of guanidine groups is 1. The summed E-state index contributed by atoms with van der Waals surface area (Å²) in [6, 6.07) is -5.10. The van der Waals surface area contributed by atoms with Crippen LogP contribution in [0.1, 0.15) is 25.0 Å². The molecule has 0 aliphatic rings. The van der Waals surface area contributed by atoms with Gasteiger partial charge in [0.1, 0.15) is 18.1 Å². The van der Waals surface area contributed by atoms with Gasteiger partial charge in [0.25, 0.3) is 0 Å². The number of carbonyl (C=O) groups excluding carboxylic acids is 4. The average Bonchev–Trinajstić information content (AvgIpc) is 3.31. The van der Waals surface area contributed by atoms with Crippen LogP contribution in [0, 0.1) is 0 Å². The molecule has 0 saturated carbocycles. The lowest BCUT2D eigenvalue weighted by Gasteiger charge is -2.24. The van der Waals surface area contributed by atoms with E-state index in [9.17, 15) is 29.1 Å². The molecule has 13 N–H and O–H groups in total. The van der Waals surface area contributed by atoms with Gasteiger partial charge in [0, 0.05) is 30.6 Å². The summed E-state index contributed by atoms with van der Waals surface area (Å²) in [6.07, 6.45) is 2.32. The first-order valence-electron chi connectivity index (χ1n) is 10.8. The number of aromatic nitrogens is 2. The highest BCUT2D eigenvalue weighted by molar-refractivity contribution is 7.80. The molecule has 1 heterocycles. The Morgan fingerprint density at radius 1 is 1.03 bits per heavy atom. The first kappa shape index (κ1) is 30.2. The van der Waals surface area contributed by atoms with E-state index in [1.54, 1.807) is 0 Å². The summed E-state index contributed by atoms with van der Waals surface area (Å²) in [5, 5.41) is 16.5. The maximum absolute atomic E-state index is 13.0. The second kappa shape index (κ2) is 15.2. The largest absolute Gasteiger partial charge is 0.480 e. The number of thiol groups is 1. The second-order valence-corrected chi connectivity index (χ2v) is 8.08. The summed E-state index contributed by atoms with van der Waals surface area (Å²) in [5.74, 6) is -4.91. The molecule has 0 fully saturated rings. The van der Waals surface area contributed by atoms with Crippen molar-refractivity contribution >= 4 is 48.2 Å². The van der Waals surface area contributed by atoms with Crippen LogP contribution >= 0.6 is 12.6 Å². The van der Waals surface area contributed by atoms with Gasteiger partial charge in [-0.25, -0.2) is 9.78 Å². The molecule has 4 unspecified atom stereocenters. The van der Waals surface area contributed by atoms with Crippen molar-refractivity contribution in [1.82, 2.24) is 25.9 Å². The van der Waals surface area contributed by atoms with Crippen molar-refractivity contribution in [1.29, 1.82) is 0 Å². The minimum Gasteiger partial charge on any atom is -0.480 e. The van der Waals surface area contributed by atoms with Crippen molar-refractivity contribution in [2.24, 2.45) is 27.9 Å². The Balaban J connectivity index is 2.99. The molecule has 0 spiro atoms. The second-order valence-electron chi connectivity index (χ2n) is 7.71. The van der Waals surface area contributed by atoms with Crippen LogP contribution in [-0.2, 0) is 30.4 Å². The number of aliphatic imine (C=N–C) groups is 1. The van der Waals surface area contributed by atoms with E-state index in [1.807, 2.05) is 0 Å². The lowest BCUT2D eigenvalue weighted by molar-refractivity contribution is -0.142. The Morgan fingerprint density at radius 2 is 1.64 bits per heavy atom. The fourth-order valence-corrected chi connectivity index (χ4v) is 3.07. The summed E-state index contributed by atoms with van der Waals surface area (Å²) in [4.78, 5) is 71.5. The number of H-pyrrole nitrogens is 1. The predicted octanol–water partition coefficient (Wildman–Crippen LogP) is -4.32. The number of hydrogen-bond donors (Lipinski definition) is 10. The van der Waals surface area contributed by atoms with Crippen LogP contribution < -0.4 is 38.9 Å². The van der Waals surface area contributed by atoms with Crippen LogP contribution in [-0.4, -0.2) is 87.1 Å². The molecule has 17 heteroatoms. The number of primary amides is 1. The SMILES string of the molecule is NC(=O)CC(NC(=O)C(Cc1cnc[nH]1)NC(=O)C(N)CS)C(=O)NC(CCCN=C(N)N)C(=O)O. The Kier molecular flexibility index (Phi) is 12.7. The number of nitrogens with zero attached hydrogens (tertiary/aromatic N) is 2. The van der Waals surface area contributed by atoms with E-state index >= 15 is 0 Å². The quantitative estimate of drug-likeness (QED) is 0.0426. The number of aliphatic carboxylic acids is 1. The third-order valence-electron chi connectivity index (χ3n) is 4.74. The topological polar surface area (TPSA) is 287 Å². The monoisotopic (exact) mass is 528 g/mol. The van der Waals surface area contributed by atoms with Crippen LogP contribution in [0.25, 0.3) is 0 Å². The summed E-state index contributed by atoms with van der Waals surface area (Å²) >= 11 is 3.95. The summed E-state index contributed by atoms with van der Waals surface area (Å²) in [6.45, 7) is 0.132. The minimum atomic E-state index is -1.52. The average molecular weight is 529 g/mol. The third kappa shape index (κ3) is 11.0. The number of imidazole rings is 1. The number of nitrogens with two attached hydrogens (primary N) is 4. The molecule has 0 radical (unpaired) electrons. The van der Waals surface area contributed by atoms with Gasteiger partial charge in [-0.05, 0) is 12.8 Å². The van der Waals surface area contributed by atoms with Gasteiger partial charge in [-0.3, -0.25) is 24.2 Å². The number of rotatable bonds is 16. The van der Waals surface area contributed by atoms with Crippen molar-refractivity contribution in [2.75, 3.05) is 12.3 Å². The number of aromatic amines is 1.